The van der Waals surface area contributed by atoms with E-state index in [1.54, 1.807) is 21.7 Å². The summed E-state index contributed by atoms with van der Waals surface area (Å²) in [6, 6.07) is 3.53. The molecular formula is C19H19N4O5S-. The predicted molar refractivity (Wildman–Crippen MR) is 105 cm³/mol. The van der Waals surface area contributed by atoms with E-state index >= 15 is 0 Å². The van der Waals surface area contributed by atoms with Gasteiger partial charge in [-0.15, -0.1) is 6.42 Å². The number of nitrogens with one attached hydrogen (secondary N) is 1. The second kappa shape index (κ2) is 8.38. The van der Waals surface area contributed by atoms with E-state index in [0.717, 1.165) is 16.8 Å². The highest BCUT2D eigenvalue weighted by atomic mass is 32.2. The first-order chi connectivity index (χ1) is 13.9. The molecule has 1 aromatic carbocycles. The molecule has 1 aliphatic heterocycles. The Labute approximate surface area is 170 Å². The fourth-order valence-electron chi connectivity index (χ4n) is 3.22. The fourth-order valence-corrected chi connectivity index (χ4v) is 3.52. The molecule has 9 nitrogen and oxygen atoms in total. The predicted octanol–water partition coefficient (Wildman–Crippen LogP) is 0.778. The maximum absolute atomic E-state index is 11.6. The summed E-state index contributed by atoms with van der Waals surface area (Å²) in [7, 11) is 2.95. The highest BCUT2D eigenvalue weighted by Gasteiger charge is 2.25. The van der Waals surface area contributed by atoms with Crippen LogP contribution in [0.3, 0.4) is 0 Å². The van der Waals surface area contributed by atoms with Gasteiger partial charge in [0.05, 0.1) is 50.8 Å². The Kier molecular flexibility index (Phi) is 5.91. The standard InChI is InChI=1S/C19H20N4O5S/c1-5-18(24)22-9-14-10-23(20-15(14)11-22)8-13-6-16(27-3)19(17(7-13)28-4)12(2)21-29(25)26/h1,6-7,10,21H,2,8-9,11H2,3-4H3,(H,25,26)/p-1. The number of fused-ring (bicyclic) bond motifs is 1. The van der Waals surface area contributed by atoms with Gasteiger partial charge >= 0.3 is 0 Å². The van der Waals surface area contributed by atoms with E-state index in [1.807, 2.05) is 6.20 Å². The van der Waals surface area contributed by atoms with Gasteiger partial charge in [0.1, 0.15) is 11.5 Å². The Morgan fingerprint density at radius 2 is 2.03 bits per heavy atom. The lowest BCUT2D eigenvalue weighted by Gasteiger charge is -2.19. The largest absolute Gasteiger partial charge is 0.755 e. The van der Waals surface area contributed by atoms with Crippen molar-refractivity contribution < 1.29 is 23.0 Å². The van der Waals surface area contributed by atoms with Gasteiger partial charge in [-0.2, -0.15) is 5.10 Å². The fraction of sp³-hybridized carbons (Fsp3) is 0.263. The van der Waals surface area contributed by atoms with E-state index in [4.69, 9.17) is 15.9 Å². The van der Waals surface area contributed by atoms with Crippen molar-refractivity contribution in [3.05, 3.63) is 47.3 Å². The van der Waals surface area contributed by atoms with E-state index < -0.39 is 11.3 Å². The van der Waals surface area contributed by atoms with Crippen LogP contribution in [0.25, 0.3) is 5.70 Å². The monoisotopic (exact) mass is 415 g/mol. The van der Waals surface area contributed by atoms with Gasteiger partial charge in [0.15, 0.2) is 0 Å². The highest BCUT2D eigenvalue weighted by Crippen LogP contribution is 2.35. The molecule has 29 heavy (non-hydrogen) atoms. The molecule has 1 aliphatic rings. The zero-order valence-electron chi connectivity index (χ0n) is 15.9. The van der Waals surface area contributed by atoms with Crippen molar-refractivity contribution >= 4 is 22.9 Å². The smallest absolute Gasteiger partial charge is 0.298 e. The molecule has 1 amide bonds. The summed E-state index contributed by atoms with van der Waals surface area (Å²) in [5.74, 6) is 2.58. The average Bonchev–Trinajstić information content (AvgIpc) is 3.24. The normalized spacial score (nSPS) is 13.4. The summed E-state index contributed by atoms with van der Waals surface area (Å²) in [6.45, 7) is 4.97. The van der Waals surface area contributed by atoms with Crippen LogP contribution in [-0.2, 0) is 35.7 Å². The molecule has 0 bridgehead atoms. The first-order valence-corrected chi connectivity index (χ1v) is 9.54. The minimum atomic E-state index is -2.52. The Balaban J connectivity index is 1.85. The van der Waals surface area contributed by atoms with Gasteiger partial charge in [-0.05, 0) is 23.6 Å². The number of carbonyl (C=O) groups excluding carboxylic acids is 1. The van der Waals surface area contributed by atoms with Crippen molar-refractivity contribution in [2.75, 3.05) is 14.2 Å². The van der Waals surface area contributed by atoms with E-state index in [0.29, 0.717) is 36.7 Å². The summed E-state index contributed by atoms with van der Waals surface area (Å²) in [4.78, 5) is 13.2. The van der Waals surface area contributed by atoms with Crippen molar-refractivity contribution in [1.82, 2.24) is 19.4 Å². The zero-order chi connectivity index (χ0) is 21.1. The Bertz CT molecular complexity index is 991. The molecule has 3 rings (SSSR count). The first-order valence-electron chi connectivity index (χ1n) is 8.47. The maximum Gasteiger partial charge on any atom is 0.298 e. The number of hydrogen-bond acceptors (Lipinski definition) is 6. The van der Waals surface area contributed by atoms with Gasteiger partial charge in [-0.1, -0.05) is 6.58 Å². The number of terminal acetylenes is 1. The third-order valence-electron chi connectivity index (χ3n) is 4.46. The number of aromatic nitrogens is 2. The Morgan fingerprint density at radius 1 is 1.38 bits per heavy atom. The van der Waals surface area contributed by atoms with Gasteiger partial charge in [0.2, 0.25) is 0 Å². The second-order valence-electron chi connectivity index (χ2n) is 6.29. The second-order valence-corrected chi connectivity index (χ2v) is 6.97. The molecule has 1 aromatic heterocycles. The van der Waals surface area contributed by atoms with Crippen molar-refractivity contribution in [3.63, 3.8) is 0 Å². The maximum atomic E-state index is 11.6. The van der Waals surface area contributed by atoms with Gasteiger partial charge in [-0.3, -0.25) is 13.7 Å². The van der Waals surface area contributed by atoms with Crippen LogP contribution >= 0.6 is 0 Å². The third-order valence-corrected chi connectivity index (χ3v) is 4.87. The van der Waals surface area contributed by atoms with E-state index in [1.165, 1.54) is 14.2 Å². The molecule has 0 radical (unpaired) electrons. The van der Waals surface area contributed by atoms with E-state index in [2.05, 4.69) is 22.3 Å². The zero-order valence-corrected chi connectivity index (χ0v) is 16.7. The van der Waals surface area contributed by atoms with Crippen LogP contribution in [0, 0.1) is 12.3 Å². The highest BCUT2D eigenvalue weighted by molar-refractivity contribution is 7.77. The van der Waals surface area contributed by atoms with Gasteiger partial charge in [0.25, 0.3) is 5.91 Å². The average molecular weight is 415 g/mol. The summed E-state index contributed by atoms with van der Waals surface area (Å²) < 4.78 is 36.7. The van der Waals surface area contributed by atoms with Crippen LogP contribution in [-0.4, -0.2) is 43.6 Å². The molecule has 0 saturated carbocycles. The summed E-state index contributed by atoms with van der Waals surface area (Å²) in [6.07, 6.45) is 7.03. The minimum Gasteiger partial charge on any atom is -0.755 e. The van der Waals surface area contributed by atoms with Gasteiger partial charge in [-0.25, -0.2) is 0 Å². The molecule has 2 heterocycles. The number of methoxy groups -OCH3 is 2. The van der Waals surface area contributed by atoms with Crippen LogP contribution in [0.4, 0.5) is 0 Å². The number of rotatable bonds is 7. The van der Waals surface area contributed by atoms with Crippen LogP contribution < -0.4 is 14.2 Å². The molecule has 1 N–H and O–H groups in total. The molecule has 0 saturated heterocycles. The molecule has 0 fully saturated rings. The van der Waals surface area contributed by atoms with Crippen molar-refractivity contribution in [1.29, 1.82) is 0 Å². The molecule has 1 unspecified atom stereocenters. The Morgan fingerprint density at radius 3 is 2.55 bits per heavy atom. The molecular weight excluding hydrogens is 396 g/mol. The van der Waals surface area contributed by atoms with Gasteiger partial charge in [0, 0.05) is 23.0 Å². The lowest BCUT2D eigenvalue weighted by Crippen LogP contribution is -2.24. The van der Waals surface area contributed by atoms with Crippen molar-refractivity contribution in [3.8, 4) is 23.8 Å². The molecule has 0 spiro atoms. The number of ether oxygens (including phenoxy) is 2. The topological polar surface area (TPSA) is 109 Å². The van der Waals surface area contributed by atoms with Crippen LogP contribution in [0.1, 0.15) is 22.4 Å². The summed E-state index contributed by atoms with van der Waals surface area (Å²) in [5, 5.41) is 4.52. The van der Waals surface area contributed by atoms with E-state index in [9.17, 15) is 13.6 Å². The summed E-state index contributed by atoms with van der Waals surface area (Å²) >= 11 is -2.52. The Hall–Kier alpha value is -3.29. The van der Waals surface area contributed by atoms with Crippen LogP contribution in [0.5, 0.6) is 11.5 Å². The first kappa shape index (κ1) is 20.4. The summed E-state index contributed by atoms with van der Waals surface area (Å²) in [5.41, 5.74) is 3.12. The molecule has 152 valence electrons. The number of hydrogen-bond donors (Lipinski definition) is 1. The number of benzene rings is 1. The van der Waals surface area contributed by atoms with Gasteiger partial charge < -0.3 is 23.6 Å². The minimum absolute atomic E-state index is 0.134. The SMILES string of the molecule is C#CC(=O)N1Cc2cn(Cc3cc(OC)c(C(=C)NS(=O)[O-])c(OC)c3)nc2C1. The molecule has 10 heteroatoms. The lowest BCUT2D eigenvalue weighted by atomic mass is 10.1. The number of carbonyl (C=O) groups is 1. The third kappa shape index (κ3) is 4.26. The number of amides is 1. The van der Waals surface area contributed by atoms with Crippen molar-refractivity contribution in [2.45, 2.75) is 19.6 Å². The van der Waals surface area contributed by atoms with Crippen molar-refractivity contribution in [2.24, 2.45) is 0 Å². The quantitative estimate of drug-likeness (QED) is 0.529. The lowest BCUT2D eigenvalue weighted by molar-refractivity contribution is -0.125. The molecule has 2 aromatic rings. The van der Waals surface area contributed by atoms with Crippen LogP contribution in [0.2, 0.25) is 0 Å². The number of nitrogens with zero attached hydrogens (tertiary/aromatic N) is 3. The molecule has 0 aliphatic carbocycles. The van der Waals surface area contributed by atoms with Crippen LogP contribution in [0.15, 0.2) is 24.9 Å². The molecule has 1 atom stereocenters. The van der Waals surface area contributed by atoms with E-state index in [-0.39, 0.29) is 11.6 Å².